The van der Waals surface area contributed by atoms with Crippen LogP contribution in [0.1, 0.15) is 22.7 Å². The molecule has 2 aromatic carbocycles. The van der Waals surface area contributed by atoms with Crippen molar-refractivity contribution in [2.24, 2.45) is 0 Å². The lowest BCUT2D eigenvalue weighted by molar-refractivity contribution is -0.135. The predicted molar refractivity (Wildman–Crippen MR) is 118 cm³/mol. The summed E-state index contributed by atoms with van der Waals surface area (Å²) in [7, 11) is 0. The number of aromatic nitrogens is 1. The third-order valence-corrected chi connectivity index (χ3v) is 6.05. The van der Waals surface area contributed by atoms with Gasteiger partial charge in [-0.1, -0.05) is 42.5 Å². The Labute approximate surface area is 173 Å². The molecule has 1 aromatic heterocycles. The summed E-state index contributed by atoms with van der Waals surface area (Å²) in [6.45, 7) is 7.62. The van der Waals surface area contributed by atoms with E-state index in [0.717, 1.165) is 26.2 Å². The SMILES string of the molecule is Cc1cccc(N2CCN(C(=O)[C@H](Cc3ccccc3)n3cccc3)CC2)c1C. The van der Waals surface area contributed by atoms with Gasteiger partial charge in [0.05, 0.1) is 0 Å². The number of nitrogens with zero attached hydrogens (tertiary/aromatic N) is 3. The van der Waals surface area contributed by atoms with Crippen molar-refractivity contribution in [3.05, 3.63) is 89.7 Å². The van der Waals surface area contributed by atoms with Crippen LogP contribution in [0.15, 0.2) is 73.1 Å². The van der Waals surface area contributed by atoms with E-state index in [1.165, 1.54) is 22.4 Å². The summed E-state index contributed by atoms with van der Waals surface area (Å²) in [5, 5.41) is 0. The van der Waals surface area contributed by atoms with Crippen molar-refractivity contribution in [1.82, 2.24) is 9.47 Å². The van der Waals surface area contributed by atoms with Gasteiger partial charge in [-0.15, -0.1) is 0 Å². The molecule has 29 heavy (non-hydrogen) atoms. The van der Waals surface area contributed by atoms with Crippen LogP contribution in [0.5, 0.6) is 0 Å². The Hall–Kier alpha value is -3.01. The number of carbonyl (C=O) groups excluding carboxylic acids is 1. The van der Waals surface area contributed by atoms with Gasteiger partial charge in [0.2, 0.25) is 5.91 Å². The molecule has 4 nitrogen and oxygen atoms in total. The fraction of sp³-hybridized carbons (Fsp3) is 0.320. The summed E-state index contributed by atoms with van der Waals surface area (Å²) in [6, 6.07) is 20.5. The largest absolute Gasteiger partial charge is 0.368 e. The number of aryl methyl sites for hydroxylation is 1. The van der Waals surface area contributed by atoms with Crippen molar-refractivity contribution < 1.29 is 4.79 Å². The Morgan fingerprint density at radius 2 is 1.55 bits per heavy atom. The second-order valence-corrected chi connectivity index (χ2v) is 7.87. The Kier molecular flexibility index (Phi) is 5.70. The Bertz CT molecular complexity index is 941. The number of piperazine rings is 1. The molecule has 1 atom stereocenters. The van der Waals surface area contributed by atoms with Crippen LogP contribution in [-0.2, 0) is 11.2 Å². The lowest BCUT2D eigenvalue weighted by Crippen LogP contribution is -2.51. The van der Waals surface area contributed by atoms with E-state index in [1.807, 2.05) is 52.2 Å². The molecule has 0 spiro atoms. The number of hydrogen-bond donors (Lipinski definition) is 0. The zero-order chi connectivity index (χ0) is 20.2. The molecule has 1 amide bonds. The Balaban J connectivity index is 1.47. The van der Waals surface area contributed by atoms with Crippen LogP contribution >= 0.6 is 0 Å². The molecule has 0 unspecified atom stereocenters. The minimum Gasteiger partial charge on any atom is -0.368 e. The van der Waals surface area contributed by atoms with Crippen LogP contribution in [0.4, 0.5) is 5.69 Å². The highest BCUT2D eigenvalue weighted by atomic mass is 16.2. The minimum atomic E-state index is -0.195. The summed E-state index contributed by atoms with van der Waals surface area (Å²) < 4.78 is 2.05. The normalized spacial score (nSPS) is 15.4. The molecule has 1 aliphatic rings. The molecule has 3 aromatic rings. The molecule has 1 fully saturated rings. The summed E-state index contributed by atoms with van der Waals surface area (Å²) in [4.78, 5) is 17.9. The molecule has 1 aliphatic heterocycles. The average molecular weight is 388 g/mol. The van der Waals surface area contributed by atoms with Gasteiger partial charge < -0.3 is 14.4 Å². The third-order valence-electron chi connectivity index (χ3n) is 6.05. The van der Waals surface area contributed by atoms with Crippen molar-refractivity contribution >= 4 is 11.6 Å². The number of amides is 1. The molecule has 2 heterocycles. The summed E-state index contributed by atoms with van der Waals surface area (Å²) in [5.74, 6) is 0.214. The van der Waals surface area contributed by atoms with Crippen LogP contribution in [0.2, 0.25) is 0 Å². The summed E-state index contributed by atoms with van der Waals surface area (Å²) >= 11 is 0. The molecule has 0 saturated carbocycles. The Morgan fingerprint density at radius 3 is 2.24 bits per heavy atom. The van der Waals surface area contributed by atoms with E-state index in [-0.39, 0.29) is 11.9 Å². The van der Waals surface area contributed by atoms with Crippen LogP contribution in [0.25, 0.3) is 0 Å². The van der Waals surface area contributed by atoms with Crippen LogP contribution in [-0.4, -0.2) is 41.6 Å². The molecule has 1 saturated heterocycles. The first kappa shape index (κ1) is 19.3. The highest BCUT2D eigenvalue weighted by molar-refractivity contribution is 5.81. The van der Waals surface area contributed by atoms with Gasteiger partial charge in [0.1, 0.15) is 6.04 Å². The monoisotopic (exact) mass is 387 g/mol. The first-order chi connectivity index (χ1) is 14.1. The van der Waals surface area contributed by atoms with Crippen molar-refractivity contribution in [3.8, 4) is 0 Å². The molecule has 0 radical (unpaired) electrons. The van der Waals surface area contributed by atoms with E-state index in [0.29, 0.717) is 6.42 Å². The maximum absolute atomic E-state index is 13.5. The lowest BCUT2D eigenvalue weighted by Gasteiger charge is -2.38. The number of hydrogen-bond acceptors (Lipinski definition) is 2. The second-order valence-electron chi connectivity index (χ2n) is 7.87. The van der Waals surface area contributed by atoms with Crippen LogP contribution < -0.4 is 4.90 Å². The van der Waals surface area contributed by atoms with Gasteiger partial charge in [0.25, 0.3) is 0 Å². The minimum absolute atomic E-state index is 0.195. The zero-order valence-corrected chi connectivity index (χ0v) is 17.3. The van der Waals surface area contributed by atoms with Gasteiger partial charge in [-0.05, 0) is 48.7 Å². The molecule has 4 rings (SSSR count). The van der Waals surface area contributed by atoms with Gasteiger partial charge >= 0.3 is 0 Å². The molecule has 150 valence electrons. The number of rotatable bonds is 5. The number of benzene rings is 2. The van der Waals surface area contributed by atoms with E-state index < -0.39 is 0 Å². The van der Waals surface area contributed by atoms with E-state index >= 15 is 0 Å². The quantitative estimate of drug-likeness (QED) is 0.655. The van der Waals surface area contributed by atoms with Gasteiger partial charge in [-0.3, -0.25) is 4.79 Å². The van der Waals surface area contributed by atoms with E-state index in [4.69, 9.17) is 0 Å². The molecule has 0 aliphatic carbocycles. The third kappa shape index (κ3) is 4.21. The molecular weight excluding hydrogens is 358 g/mol. The van der Waals surface area contributed by atoms with Crippen molar-refractivity contribution in [1.29, 1.82) is 0 Å². The van der Waals surface area contributed by atoms with Crippen LogP contribution in [0.3, 0.4) is 0 Å². The first-order valence-electron chi connectivity index (χ1n) is 10.4. The molecule has 0 N–H and O–H groups in total. The number of anilines is 1. The zero-order valence-electron chi connectivity index (χ0n) is 17.3. The fourth-order valence-corrected chi connectivity index (χ4v) is 4.17. The highest BCUT2D eigenvalue weighted by Crippen LogP contribution is 2.25. The predicted octanol–water partition coefficient (Wildman–Crippen LogP) is 4.24. The standard InChI is InChI=1S/C25H29N3O/c1-20-9-8-12-23(21(20)2)27-15-17-28(18-16-27)25(29)24(26-13-6-7-14-26)19-22-10-4-3-5-11-22/h3-14,24H,15-19H2,1-2H3/t24-/m0/s1. The second kappa shape index (κ2) is 8.56. The van der Waals surface area contributed by atoms with Crippen molar-refractivity contribution in [2.45, 2.75) is 26.3 Å². The Morgan fingerprint density at radius 1 is 0.862 bits per heavy atom. The molecule has 0 bridgehead atoms. The van der Waals surface area contributed by atoms with Gasteiger partial charge in [0, 0.05) is 50.7 Å². The van der Waals surface area contributed by atoms with Crippen LogP contribution in [0, 0.1) is 13.8 Å². The number of carbonyl (C=O) groups is 1. The maximum atomic E-state index is 13.5. The van der Waals surface area contributed by atoms with Gasteiger partial charge in [-0.2, -0.15) is 0 Å². The van der Waals surface area contributed by atoms with E-state index in [1.54, 1.807) is 0 Å². The van der Waals surface area contributed by atoms with E-state index in [2.05, 4.69) is 49.1 Å². The lowest BCUT2D eigenvalue weighted by atomic mass is 10.0. The fourth-order valence-electron chi connectivity index (χ4n) is 4.17. The van der Waals surface area contributed by atoms with Gasteiger partial charge in [-0.25, -0.2) is 0 Å². The van der Waals surface area contributed by atoms with E-state index in [9.17, 15) is 4.79 Å². The first-order valence-corrected chi connectivity index (χ1v) is 10.4. The smallest absolute Gasteiger partial charge is 0.246 e. The summed E-state index contributed by atoms with van der Waals surface area (Å²) in [6.07, 6.45) is 4.71. The van der Waals surface area contributed by atoms with Gasteiger partial charge in [0.15, 0.2) is 0 Å². The maximum Gasteiger partial charge on any atom is 0.246 e. The summed E-state index contributed by atoms with van der Waals surface area (Å²) in [5.41, 5.74) is 5.13. The van der Waals surface area contributed by atoms with Crippen molar-refractivity contribution in [2.75, 3.05) is 31.1 Å². The topological polar surface area (TPSA) is 28.5 Å². The van der Waals surface area contributed by atoms with Crippen molar-refractivity contribution in [3.63, 3.8) is 0 Å². The highest BCUT2D eigenvalue weighted by Gasteiger charge is 2.29. The molecular formula is C25H29N3O. The molecule has 4 heteroatoms. The average Bonchev–Trinajstić information content (AvgIpc) is 3.29.